The van der Waals surface area contributed by atoms with Crippen LogP contribution in [-0.2, 0) is 9.53 Å². The minimum atomic E-state index is -0.359. The molecule has 6 nitrogen and oxygen atoms in total. The summed E-state index contributed by atoms with van der Waals surface area (Å²) in [6.07, 6.45) is 1.82. The highest BCUT2D eigenvalue weighted by atomic mass is 32.2. The Morgan fingerprint density at radius 1 is 1.50 bits per heavy atom. The first kappa shape index (κ1) is 15.0. The average molecular weight is 334 g/mol. The molecule has 0 aromatic carbocycles. The second kappa shape index (κ2) is 6.45. The van der Waals surface area contributed by atoms with Crippen molar-refractivity contribution in [3.05, 3.63) is 33.8 Å². The molecular formula is C14H14N4O2S2. The van der Waals surface area contributed by atoms with Crippen molar-refractivity contribution in [2.24, 2.45) is 5.10 Å². The summed E-state index contributed by atoms with van der Waals surface area (Å²) in [6.45, 7) is 3.95. The lowest BCUT2D eigenvalue weighted by Gasteiger charge is -2.15. The quantitative estimate of drug-likeness (QED) is 0.635. The number of ether oxygens (including phenoxy) is 1. The Kier molecular flexibility index (Phi) is 4.39. The van der Waals surface area contributed by atoms with Crippen LogP contribution in [0, 0.1) is 6.92 Å². The molecule has 1 aliphatic rings. The number of aromatic nitrogens is 3. The van der Waals surface area contributed by atoms with Gasteiger partial charge in [-0.25, -0.2) is 4.79 Å². The Morgan fingerprint density at radius 3 is 3.09 bits per heavy atom. The van der Waals surface area contributed by atoms with Gasteiger partial charge in [-0.2, -0.15) is 21.1 Å². The van der Waals surface area contributed by atoms with Gasteiger partial charge in [0.25, 0.3) is 0 Å². The van der Waals surface area contributed by atoms with Crippen LogP contribution in [-0.4, -0.2) is 38.9 Å². The molecule has 2 aromatic heterocycles. The van der Waals surface area contributed by atoms with Crippen molar-refractivity contribution in [1.29, 1.82) is 0 Å². The zero-order valence-corrected chi connectivity index (χ0v) is 13.8. The fraction of sp³-hybridized carbons (Fsp3) is 0.286. The molecule has 3 heterocycles. The zero-order valence-electron chi connectivity index (χ0n) is 12.1. The van der Waals surface area contributed by atoms with Crippen LogP contribution in [0.15, 0.2) is 32.7 Å². The third kappa shape index (κ3) is 2.97. The molecule has 0 fully saturated rings. The molecule has 2 aromatic rings. The predicted molar refractivity (Wildman–Crippen MR) is 87.2 cm³/mol. The van der Waals surface area contributed by atoms with Crippen molar-refractivity contribution in [1.82, 2.24) is 14.9 Å². The maximum atomic E-state index is 12.3. The van der Waals surface area contributed by atoms with Crippen LogP contribution in [0.2, 0.25) is 0 Å². The summed E-state index contributed by atoms with van der Waals surface area (Å²) in [5, 5.41) is 17.2. The minimum Gasteiger partial charge on any atom is -0.462 e. The molecule has 0 radical (unpaired) electrons. The summed E-state index contributed by atoms with van der Waals surface area (Å²) in [5.41, 5.74) is 2.11. The molecule has 8 heteroatoms. The van der Waals surface area contributed by atoms with Crippen molar-refractivity contribution >= 4 is 40.9 Å². The third-order valence-corrected chi connectivity index (χ3v) is 4.62. The molecule has 0 bridgehead atoms. The molecule has 0 aliphatic carbocycles. The Balaban J connectivity index is 2.01. The fourth-order valence-corrected chi connectivity index (χ4v) is 3.44. The number of fused-ring (bicyclic) bond motifs is 1. The minimum absolute atomic E-state index is 0.330. The maximum absolute atomic E-state index is 12.3. The maximum Gasteiger partial charge on any atom is 0.340 e. The molecule has 0 atom stereocenters. The number of rotatable bonds is 4. The van der Waals surface area contributed by atoms with E-state index in [0.717, 1.165) is 10.7 Å². The van der Waals surface area contributed by atoms with Gasteiger partial charge in [-0.1, -0.05) is 11.8 Å². The summed E-state index contributed by atoms with van der Waals surface area (Å²) in [7, 11) is 0. The first-order valence-corrected chi connectivity index (χ1v) is 8.66. The Labute approximate surface area is 135 Å². The van der Waals surface area contributed by atoms with Gasteiger partial charge in [0.2, 0.25) is 5.16 Å². The van der Waals surface area contributed by atoms with Gasteiger partial charge in [0.1, 0.15) is 0 Å². The van der Waals surface area contributed by atoms with E-state index < -0.39 is 0 Å². The van der Waals surface area contributed by atoms with Crippen LogP contribution in [0.3, 0.4) is 0 Å². The third-order valence-electron chi connectivity index (χ3n) is 2.99. The van der Waals surface area contributed by atoms with Crippen molar-refractivity contribution in [2.45, 2.75) is 19.0 Å². The van der Waals surface area contributed by atoms with E-state index in [1.807, 2.05) is 29.8 Å². The van der Waals surface area contributed by atoms with Crippen molar-refractivity contribution < 1.29 is 9.53 Å². The van der Waals surface area contributed by atoms with Gasteiger partial charge < -0.3 is 4.74 Å². The van der Waals surface area contributed by atoms with Crippen molar-refractivity contribution in [3.8, 4) is 0 Å². The first-order valence-electron chi connectivity index (χ1n) is 6.73. The average Bonchev–Trinajstić information content (AvgIpc) is 3.15. The van der Waals surface area contributed by atoms with E-state index >= 15 is 0 Å². The zero-order chi connectivity index (χ0) is 15.5. The number of aryl methyl sites for hydroxylation is 1. The molecule has 3 rings (SSSR count). The predicted octanol–water partition coefficient (Wildman–Crippen LogP) is 2.60. The van der Waals surface area contributed by atoms with Crippen LogP contribution in [0.25, 0.3) is 6.08 Å². The lowest BCUT2D eigenvalue weighted by atomic mass is 10.1. The van der Waals surface area contributed by atoms with E-state index in [4.69, 9.17) is 4.74 Å². The molecule has 0 saturated carbocycles. The fourth-order valence-electron chi connectivity index (χ4n) is 1.95. The monoisotopic (exact) mass is 334 g/mol. The SMILES string of the molecule is CCOC(=O)C(=Cc1ccsc1)C1=Nn2c(C)nnc2SC1. The molecule has 0 amide bonds. The summed E-state index contributed by atoms with van der Waals surface area (Å²) in [5.74, 6) is 0.896. The number of hydrogen-bond acceptors (Lipinski definition) is 7. The highest BCUT2D eigenvalue weighted by Gasteiger charge is 2.24. The van der Waals surface area contributed by atoms with Crippen LogP contribution in [0.1, 0.15) is 18.3 Å². The summed E-state index contributed by atoms with van der Waals surface area (Å²) in [6, 6.07) is 1.95. The summed E-state index contributed by atoms with van der Waals surface area (Å²) < 4.78 is 6.83. The van der Waals surface area contributed by atoms with Crippen LogP contribution in [0.4, 0.5) is 0 Å². The Bertz CT molecular complexity index is 747. The van der Waals surface area contributed by atoms with E-state index in [1.54, 1.807) is 22.9 Å². The molecule has 22 heavy (non-hydrogen) atoms. The first-order chi connectivity index (χ1) is 10.7. The Hall–Kier alpha value is -1.93. The second-order valence-corrected chi connectivity index (χ2v) is 6.23. The standard InChI is InChI=1S/C14H14N4O2S2/c1-3-20-13(19)11(6-10-4-5-21-7-10)12-8-22-14-16-15-9(2)18(14)17-12/h4-7H,3,8H2,1-2H3. The highest BCUT2D eigenvalue weighted by molar-refractivity contribution is 7.99. The Morgan fingerprint density at radius 2 is 2.36 bits per heavy atom. The smallest absolute Gasteiger partial charge is 0.340 e. The van der Waals surface area contributed by atoms with Crippen LogP contribution >= 0.6 is 23.1 Å². The number of thioether (sulfide) groups is 1. The van der Waals surface area contributed by atoms with Crippen LogP contribution in [0.5, 0.6) is 0 Å². The number of esters is 1. The van der Waals surface area contributed by atoms with Gasteiger partial charge in [-0.3, -0.25) is 0 Å². The van der Waals surface area contributed by atoms with E-state index in [0.29, 0.717) is 29.5 Å². The normalized spacial score (nSPS) is 14.5. The van der Waals surface area contributed by atoms with E-state index in [-0.39, 0.29) is 5.97 Å². The summed E-state index contributed by atoms with van der Waals surface area (Å²) >= 11 is 3.09. The molecule has 0 N–H and O–H groups in total. The van der Waals surface area contributed by atoms with Gasteiger partial charge in [0.15, 0.2) is 5.82 Å². The highest BCUT2D eigenvalue weighted by Crippen LogP contribution is 2.25. The van der Waals surface area contributed by atoms with Crippen molar-refractivity contribution in [3.63, 3.8) is 0 Å². The van der Waals surface area contributed by atoms with E-state index in [1.165, 1.54) is 11.8 Å². The van der Waals surface area contributed by atoms with E-state index in [9.17, 15) is 4.79 Å². The number of carbonyl (C=O) groups excluding carboxylic acids is 1. The number of nitrogens with zero attached hydrogens (tertiary/aromatic N) is 4. The van der Waals surface area contributed by atoms with Crippen molar-refractivity contribution in [2.75, 3.05) is 12.4 Å². The topological polar surface area (TPSA) is 69.4 Å². The molecule has 0 unspecified atom stereocenters. The molecule has 1 aliphatic heterocycles. The van der Waals surface area contributed by atoms with Gasteiger partial charge in [0.05, 0.1) is 17.9 Å². The summed E-state index contributed by atoms with van der Waals surface area (Å²) in [4.78, 5) is 12.3. The number of hydrogen-bond donors (Lipinski definition) is 0. The molecular weight excluding hydrogens is 320 g/mol. The van der Waals surface area contributed by atoms with Gasteiger partial charge >= 0.3 is 5.97 Å². The molecule has 0 saturated heterocycles. The molecule has 0 spiro atoms. The van der Waals surface area contributed by atoms with Gasteiger partial charge in [-0.15, -0.1) is 10.2 Å². The van der Waals surface area contributed by atoms with Gasteiger partial charge in [0, 0.05) is 5.75 Å². The van der Waals surface area contributed by atoms with Gasteiger partial charge in [-0.05, 0) is 42.3 Å². The lowest BCUT2D eigenvalue weighted by Crippen LogP contribution is -2.21. The largest absolute Gasteiger partial charge is 0.462 e. The lowest BCUT2D eigenvalue weighted by molar-refractivity contribution is -0.137. The number of carbonyl (C=O) groups is 1. The number of thiophene rings is 1. The van der Waals surface area contributed by atoms with Crippen LogP contribution < -0.4 is 0 Å². The van der Waals surface area contributed by atoms with E-state index in [2.05, 4.69) is 15.3 Å². The molecule has 114 valence electrons. The second-order valence-electron chi connectivity index (χ2n) is 4.51.